The van der Waals surface area contributed by atoms with Crippen LogP contribution < -0.4 is 4.73 Å². The van der Waals surface area contributed by atoms with E-state index in [0.717, 1.165) is 42.3 Å². The van der Waals surface area contributed by atoms with E-state index in [1.54, 1.807) is 6.07 Å². The normalized spacial score (nSPS) is 15.8. The molecule has 0 aromatic carbocycles. The van der Waals surface area contributed by atoms with Crippen LogP contribution in [0.25, 0.3) is 11.4 Å². The molecule has 0 aliphatic carbocycles. The summed E-state index contributed by atoms with van der Waals surface area (Å²) in [5.41, 5.74) is 0.774. The van der Waals surface area contributed by atoms with Crippen LogP contribution >= 0.6 is 12.2 Å². The van der Waals surface area contributed by atoms with Crippen molar-refractivity contribution in [2.45, 2.75) is 19.4 Å². The molecule has 0 amide bonds. The van der Waals surface area contributed by atoms with Crippen molar-refractivity contribution in [2.24, 2.45) is 0 Å². The van der Waals surface area contributed by atoms with Gasteiger partial charge in [0.1, 0.15) is 0 Å². The molecular weight excluding hydrogens is 274 g/mol. The molecular formula is C13H17N5OS. The Kier molecular flexibility index (Phi) is 3.79. The highest BCUT2D eigenvalue weighted by atomic mass is 32.1. The zero-order valence-corrected chi connectivity index (χ0v) is 12.0. The number of likely N-dealkylation sites (tertiary alicyclic amines) is 1. The predicted molar refractivity (Wildman–Crippen MR) is 77.5 cm³/mol. The monoisotopic (exact) mass is 291 g/mol. The second-order valence-corrected chi connectivity index (χ2v) is 5.39. The van der Waals surface area contributed by atoms with Crippen molar-refractivity contribution in [2.75, 3.05) is 19.6 Å². The lowest BCUT2D eigenvalue weighted by Crippen LogP contribution is -2.25. The molecule has 0 atom stereocenters. The van der Waals surface area contributed by atoms with Gasteiger partial charge in [0, 0.05) is 19.2 Å². The van der Waals surface area contributed by atoms with Crippen molar-refractivity contribution >= 4 is 12.2 Å². The Hall–Kier alpha value is -1.73. The summed E-state index contributed by atoms with van der Waals surface area (Å²) >= 11 is 5.29. The second kappa shape index (κ2) is 5.72. The molecule has 0 spiro atoms. The standard InChI is InChI=1S/C13H17N5OS/c19-17-7-3-4-11(10-17)12-14-15-13(20)18(12)9-8-16-5-1-2-6-16/h3-4,7,10H,1-2,5-6,8-9H2,(H,15,20). The van der Waals surface area contributed by atoms with Gasteiger partial charge in [0.05, 0.1) is 5.56 Å². The van der Waals surface area contributed by atoms with E-state index in [1.165, 1.54) is 25.2 Å². The number of hydrogen-bond acceptors (Lipinski definition) is 4. The molecule has 0 bridgehead atoms. The molecule has 0 radical (unpaired) electrons. The fourth-order valence-electron chi connectivity index (χ4n) is 2.58. The zero-order valence-electron chi connectivity index (χ0n) is 11.2. The van der Waals surface area contributed by atoms with E-state index in [2.05, 4.69) is 15.1 Å². The van der Waals surface area contributed by atoms with Crippen molar-refractivity contribution in [3.63, 3.8) is 0 Å². The second-order valence-electron chi connectivity index (χ2n) is 5.01. The van der Waals surface area contributed by atoms with E-state index in [1.807, 2.05) is 10.6 Å². The number of rotatable bonds is 4. The first-order valence-corrected chi connectivity index (χ1v) is 7.21. The van der Waals surface area contributed by atoms with Gasteiger partial charge in [-0.05, 0) is 44.2 Å². The Morgan fingerprint density at radius 2 is 2.15 bits per heavy atom. The molecule has 2 aromatic rings. The highest BCUT2D eigenvalue weighted by Crippen LogP contribution is 2.15. The van der Waals surface area contributed by atoms with Crippen molar-refractivity contribution in [3.8, 4) is 11.4 Å². The van der Waals surface area contributed by atoms with Gasteiger partial charge in [-0.3, -0.25) is 9.67 Å². The maximum Gasteiger partial charge on any atom is 0.195 e. The number of H-pyrrole nitrogens is 1. The molecule has 6 nitrogen and oxygen atoms in total. The fourth-order valence-corrected chi connectivity index (χ4v) is 2.80. The molecule has 106 valence electrons. The molecule has 20 heavy (non-hydrogen) atoms. The molecule has 1 fully saturated rings. The maximum absolute atomic E-state index is 11.4. The number of nitrogens with one attached hydrogen (secondary N) is 1. The number of aromatic nitrogens is 4. The Balaban J connectivity index is 1.83. The van der Waals surface area contributed by atoms with Gasteiger partial charge in [0.25, 0.3) is 0 Å². The first-order valence-electron chi connectivity index (χ1n) is 6.81. The molecule has 1 N–H and O–H groups in total. The molecule has 3 rings (SSSR count). The lowest BCUT2D eigenvalue weighted by atomic mass is 10.2. The molecule has 1 aliphatic heterocycles. The summed E-state index contributed by atoms with van der Waals surface area (Å²) in [4.78, 5) is 2.43. The molecule has 7 heteroatoms. The van der Waals surface area contributed by atoms with Crippen LogP contribution in [0.1, 0.15) is 12.8 Å². The van der Waals surface area contributed by atoms with E-state index >= 15 is 0 Å². The number of hydrogen-bond donors (Lipinski definition) is 1. The van der Waals surface area contributed by atoms with Crippen LogP contribution in [0.5, 0.6) is 0 Å². The number of pyridine rings is 1. The quantitative estimate of drug-likeness (QED) is 0.524. The lowest BCUT2D eigenvalue weighted by Gasteiger charge is -2.15. The van der Waals surface area contributed by atoms with Crippen molar-refractivity contribution < 1.29 is 4.73 Å². The summed E-state index contributed by atoms with van der Waals surface area (Å²) < 4.78 is 3.33. The smallest absolute Gasteiger partial charge is 0.195 e. The topological polar surface area (TPSA) is 63.8 Å². The van der Waals surface area contributed by atoms with E-state index in [-0.39, 0.29) is 0 Å². The van der Waals surface area contributed by atoms with Crippen LogP contribution in [-0.4, -0.2) is 39.3 Å². The van der Waals surface area contributed by atoms with Crippen LogP contribution in [0.15, 0.2) is 24.5 Å². The van der Waals surface area contributed by atoms with Gasteiger partial charge in [0.15, 0.2) is 23.0 Å². The van der Waals surface area contributed by atoms with Crippen LogP contribution in [0, 0.1) is 9.98 Å². The molecule has 0 unspecified atom stereocenters. The lowest BCUT2D eigenvalue weighted by molar-refractivity contribution is -0.604. The Labute approximate surface area is 122 Å². The SMILES string of the molecule is [O-][n+]1cccc(-c2n[nH]c(=S)n2CCN2CCCC2)c1. The van der Waals surface area contributed by atoms with E-state index in [4.69, 9.17) is 12.2 Å². The average molecular weight is 291 g/mol. The van der Waals surface area contributed by atoms with Crippen molar-refractivity contribution in [1.29, 1.82) is 0 Å². The van der Waals surface area contributed by atoms with Crippen LogP contribution in [-0.2, 0) is 6.54 Å². The summed E-state index contributed by atoms with van der Waals surface area (Å²) in [5.74, 6) is 0.722. The molecule has 3 heterocycles. The van der Waals surface area contributed by atoms with Gasteiger partial charge in [-0.1, -0.05) is 0 Å². The summed E-state index contributed by atoms with van der Waals surface area (Å²) in [6, 6.07) is 3.58. The first-order chi connectivity index (χ1) is 9.74. The van der Waals surface area contributed by atoms with Gasteiger partial charge in [-0.25, -0.2) is 0 Å². The molecule has 2 aromatic heterocycles. The molecule has 1 aliphatic rings. The molecule has 0 saturated carbocycles. The maximum atomic E-state index is 11.4. The van der Waals surface area contributed by atoms with Crippen molar-refractivity contribution in [1.82, 2.24) is 19.7 Å². The van der Waals surface area contributed by atoms with Gasteiger partial charge in [-0.2, -0.15) is 9.83 Å². The largest absolute Gasteiger partial charge is 0.619 e. The zero-order chi connectivity index (χ0) is 13.9. The number of nitrogens with zero attached hydrogens (tertiary/aromatic N) is 4. The van der Waals surface area contributed by atoms with E-state index < -0.39 is 0 Å². The summed E-state index contributed by atoms with van der Waals surface area (Å²) in [7, 11) is 0. The Morgan fingerprint density at radius 3 is 2.90 bits per heavy atom. The average Bonchev–Trinajstić information content (AvgIpc) is 3.06. The minimum absolute atomic E-state index is 0.598. The third-order valence-electron chi connectivity index (χ3n) is 3.63. The van der Waals surface area contributed by atoms with E-state index in [9.17, 15) is 5.21 Å². The van der Waals surface area contributed by atoms with Gasteiger partial charge in [0.2, 0.25) is 0 Å². The Morgan fingerprint density at radius 1 is 1.35 bits per heavy atom. The molecule has 1 saturated heterocycles. The minimum Gasteiger partial charge on any atom is -0.619 e. The Bertz CT molecular complexity index is 644. The highest BCUT2D eigenvalue weighted by Gasteiger charge is 2.14. The van der Waals surface area contributed by atoms with Crippen molar-refractivity contribution in [3.05, 3.63) is 34.5 Å². The summed E-state index contributed by atoms with van der Waals surface area (Å²) in [5, 5.41) is 18.4. The van der Waals surface area contributed by atoms with Crippen LogP contribution in [0.3, 0.4) is 0 Å². The van der Waals surface area contributed by atoms with Gasteiger partial charge in [-0.15, -0.1) is 0 Å². The highest BCUT2D eigenvalue weighted by molar-refractivity contribution is 7.71. The van der Waals surface area contributed by atoms with E-state index in [0.29, 0.717) is 4.77 Å². The number of aromatic amines is 1. The van der Waals surface area contributed by atoms with Crippen LogP contribution in [0.4, 0.5) is 0 Å². The summed E-state index contributed by atoms with van der Waals surface area (Å²) in [6.07, 6.45) is 5.52. The third kappa shape index (κ3) is 2.73. The first kappa shape index (κ1) is 13.3. The van der Waals surface area contributed by atoms with Crippen LogP contribution in [0.2, 0.25) is 0 Å². The fraction of sp³-hybridized carbons (Fsp3) is 0.462. The predicted octanol–water partition coefficient (Wildman–Crippen LogP) is 1.34. The minimum atomic E-state index is 0.598. The third-order valence-corrected chi connectivity index (χ3v) is 3.94. The summed E-state index contributed by atoms with van der Waals surface area (Å²) in [6.45, 7) is 4.07. The van der Waals surface area contributed by atoms with Gasteiger partial charge < -0.3 is 10.1 Å². The van der Waals surface area contributed by atoms with Gasteiger partial charge >= 0.3 is 0 Å².